The van der Waals surface area contributed by atoms with Crippen LogP contribution >= 0.6 is 0 Å². The van der Waals surface area contributed by atoms with Crippen molar-refractivity contribution in [3.8, 4) is 0 Å². The molecule has 0 saturated carbocycles. The number of hydrogen-bond donors (Lipinski definition) is 2. The van der Waals surface area contributed by atoms with Crippen molar-refractivity contribution in [3.63, 3.8) is 0 Å². The average molecular weight is 488 g/mol. The first-order valence-corrected chi connectivity index (χ1v) is 8.39. The molecular weight excluding hydrogens is 476 g/mol. The van der Waals surface area contributed by atoms with Gasteiger partial charge >= 0.3 is 24.7 Å². The van der Waals surface area contributed by atoms with Crippen molar-refractivity contribution in [3.05, 3.63) is 53.6 Å². The molecule has 2 nitrogen and oxygen atoms in total. The number of aliphatic hydroxyl groups is 2. The summed E-state index contributed by atoms with van der Waals surface area (Å²) in [5.41, 5.74) is -12.9. The van der Waals surface area contributed by atoms with Crippen LogP contribution in [0.1, 0.15) is 17.5 Å². The van der Waals surface area contributed by atoms with E-state index in [1.165, 1.54) is 0 Å². The van der Waals surface area contributed by atoms with Gasteiger partial charge in [0.1, 0.15) is 0 Å². The summed E-state index contributed by atoms with van der Waals surface area (Å²) in [5, 5.41) is 18.8. The van der Waals surface area contributed by atoms with Gasteiger partial charge in [-0.05, 0) is 17.6 Å². The SMILES string of the molecule is OC(c1ccc(C2=CC(C(O)(C(F)(F)F)C(F)(F)F)CC=C2)cc1)(C(F)(F)F)C(F)(F)F. The highest BCUT2D eigenvalue weighted by Crippen LogP contribution is 2.52. The predicted octanol–water partition coefficient (Wildman–Crippen LogP) is 5.81. The lowest BCUT2D eigenvalue weighted by atomic mass is 9.79. The van der Waals surface area contributed by atoms with Gasteiger partial charge in [0.2, 0.25) is 0 Å². The van der Waals surface area contributed by atoms with Gasteiger partial charge in [-0.1, -0.05) is 42.5 Å². The van der Waals surface area contributed by atoms with E-state index in [1.54, 1.807) is 0 Å². The first-order chi connectivity index (χ1) is 14.2. The normalized spacial score (nSPS) is 19.2. The van der Waals surface area contributed by atoms with E-state index < -0.39 is 59.4 Å². The summed E-state index contributed by atoms with van der Waals surface area (Å²) < 4.78 is 156. The number of rotatable bonds is 3. The van der Waals surface area contributed by atoms with E-state index >= 15 is 0 Å². The van der Waals surface area contributed by atoms with Gasteiger partial charge in [-0.25, -0.2) is 0 Å². The van der Waals surface area contributed by atoms with Crippen LogP contribution in [-0.4, -0.2) is 40.5 Å². The number of benzene rings is 1. The van der Waals surface area contributed by atoms with Crippen LogP contribution in [0.5, 0.6) is 0 Å². The van der Waals surface area contributed by atoms with Crippen LogP contribution in [0, 0.1) is 5.92 Å². The number of alkyl halides is 12. The molecule has 0 radical (unpaired) electrons. The molecule has 1 aliphatic rings. The maximum Gasteiger partial charge on any atom is 0.430 e. The van der Waals surface area contributed by atoms with E-state index in [4.69, 9.17) is 0 Å². The molecule has 0 fully saturated rings. The molecule has 180 valence electrons. The summed E-state index contributed by atoms with van der Waals surface area (Å²) in [4.78, 5) is 0. The average Bonchev–Trinajstić information content (AvgIpc) is 2.63. The molecule has 0 spiro atoms. The van der Waals surface area contributed by atoms with Gasteiger partial charge in [0, 0.05) is 11.5 Å². The number of halogens is 12. The molecule has 0 aliphatic heterocycles. The largest absolute Gasteiger partial charge is 0.430 e. The van der Waals surface area contributed by atoms with E-state index in [9.17, 15) is 62.9 Å². The molecular formula is C18H12F12O2. The molecule has 1 atom stereocenters. The van der Waals surface area contributed by atoms with Crippen LogP contribution < -0.4 is 0 Å². The van der Waals surface area contributed by atoms with Crippen LogP contribution in [0.25, 0.3) is 5.57 Å². The molecule has 14 heteroatoms. The van der Waals surface area contributed by atoms with Crippen molar-refractivity contribution in [1.82, 2.24) is 0 Å². The van der Waals surface area contributed by atoms with Crippen molar-refractivity contribution < 1.29 is 62.9 Å². The fourth-order valence-corrected chi connectivity index (χ4v) is 3.14. The highest BCUT2D eigenvalue weighted by molar-refractivity contribution is 5.75. The minimum Gasteiger partial charge on any atom is -0.373 e. The Hall–Kier alpha value is -2.22. The highest BCUT2D eigenvalue weighted by atomic mass is 19.4. The van der Waals surface area contributed by atoms with E-state index in [0.29, 0.717) is 18.2 Å². The third-order valence-electron chi connectivity index (χ3n) is 4.93. The maximum atomic E-state index is 13.1. The number of allylic oxidation sites excluding steroid dienone is 3. The van der Waals surface area contributed by atoms with Gasteiger partial charge in [0.25, 0.3) is 11.2 Å². The summed E-state index contributed by atoms with van der Waals surface area (Å²) in [6, 6.07) is 1.48. The molecule has 0 bridgehead atoms. The van der Waals surface area contributed by atoms with Gasteiger partial charge in [-0.3, -0.25) is 0 Å². The van der Waals surface area contributed by atoms with Crippen molar-refractivity contribution in [1.29, 1.82) is 0 Å². The van der Waals surface area contributed by atoms with Gasteiger partial charge in [-0.2, -0.15) is 52.7 Å². The lowest BCUT2D eigenvalue weighted by Gasteiger charge is -2.38. The minimum atomic E-state index is -6.18. The molecule has 0 heterocycles. The topological polar surface area (TPSA) is 40.5 Å². The molecule has 1 aromatic carbocycles. The zero-order chi connectivity index (χ0) is 25.0. The van der Waals surface area contributed by atoms with Crippen molar-refractivity contribution >= 4 is 5.57 Å². The molecule has 0 amide bonds. The van der Waals surface area contributed by atoms with Crippen molar-refractivity contribution in [2.45, 2.75) is 42.3 Å². The van der Waals surface area contributed by atoms with E-state index in [1.807, 2.05) is 0 Å². The maximum absolute atomic E-state index is 13.1. The minimum absolute atomic E-state index is 0.189. The Labute approximate surface area is 171 Å². The lowest BCUT2D eigenvalue weighted by molar-refractivity contribution is -0.380. The smallest absolute Gasteiger partial charge is 0.373 e. The summed E-state index contributed by atoms with van der Waals surface area (Å²) in [5.74, 6) is -2.58. The van der Waals surface area contributed by atoms with Crippen LogP contribution in [0.4, 0.5) is 52.7 Å². The zero-order valence-electron chi connectivity index (χ0n) is 15.3. The van der Waals surface area contributed by atoms with E-state index in [0.717, 1.165) is 12.2 Å². The standard InChI is InChI=1S/C18H12F12O2/c19-15(20,21)13(31,16(22,23)24)11-6-4-9(5-7-11)10-2-1-3-12(8-10)14(32,17(25,26)27)18(28,29)30/h1-2,4-8,12,31-32H,3H2. The predicted molar refractivity (Wildman–Crippen MR) is 84.7 cm³/mol. The Morgan fingerprint density at radius 1 is 0.656 bits per heavy atom. The van der Waals surface area contributed by atoms with Crippen LogP contribution in [0.3, 0.4) is 0 Å². The van der Waals surface area contributed by atoms with Crippen molar-refractivity contribution in [2.75, 3.05) is 0 Å². The summed E-state index contributed by atoms with van der Waals surface area (Å²) in [6.07, 6.45) is -23.4. The number of hydrogen-bond acceptors (Lipinski definition) is 2. The summed E-state index contributed by atoms with van der Waals surface area (Å²) in [7, 11) is 0. The third-order valence-corrected chi connectivity index (χ3v) is 4.93. The van der Waals surface area contributed by atoms with E-state index in [-0.39, 0.29) is 17.7 Å². The molecule has 0 saturated heterocycles. The highest BCUT2D eigenvalue weighted by Gasteiger charge is 2.73. The molecule has 32 heavy (non-hydrogen) atoms. The van der Waals surface area contributed by atoms with Crippen LogP contribution in [0.2, 0.25) is 0 Å². The fourth-order valence-electron chi connectivity index (χ4n) is 3.14. The van der Waals surface area contributed by atoms with Crippen LogP contribution in [-0.2, 0) is 5.60 Å². The molecule has 0 aromatic heterocycles. The second-order valence-corrected chi connectivity index (χ2v) is 6.91. The zero-order valence-corrected chi connectivity index (χ0v) is 15.3. The summed E-state index contributed by atoms with van der Waals surface area (Å²) in [6.45, 7) is 0. The first-order valence-electron chi connectivity index (χ1n) is 8.39. The Bertz CT molecular complexity index is 857. The van der Waals surface area contributed by atoms with E-state index in [2.05, 4.69) is 0 Å². The molecule has 1 aromatic rings. The van der Waals surface area contributed by atoms with Gasteiger partial charge in [0.05, 0.1) is 0 Å². The molecule has 2 N–H and O–H groups in total. The van der Waals surface area contributed by atoms with Gasteiger partial charge in [-0.15, -0.1) is 0 Å². The van der Waals surface area contributed by atoms with Crippen LogP contribution in [0.15, 0.2) is 42.5 Å². The Kier molecular flexibility index (Phi) is 6.25. The quantitative estimate of drug-likeness (QED) is 0.527. The molecule has 1 aliphatic carbocycles. The second kappa shape index (κ2) is 7.68. The third kappa shape index (κ3) is 4.09. The lowest BCUT2D eigenvalue weighted by Crippen LogP contribution is -2.61. The molecule has 1 unspecified atom stereocenters. The Morgan fingerprint density at radius 2 is 1.09 bits per heavy atom. The fraction of sp³-hybridized carbons (Fsp3) is 0.444. The Balaban J connectivity index is 2.52. The van der Waals surface area contributed by atoms with Crippen molar-refractivity contribution in [2.24, 2.45) is 5.92 Å². The first kappa shape index (κ1) is 26.0. The second-order valence-electron chi connectivity index (χ2n) is 6.91. The monoisotopic (exact) mass is 488 g/mol. The Morgan fingerprint density at radius 3 is 1.47 bits per heavy atom. The molecule has 2 rings (SSSR count). The summed E-state index contributed by atoms with van der Waals surface area (Å²) >= 11 is 0. The van der Waals surface area contributed by atoms with Gasteiger partial charge in [0.15, 0.2) is 0 Å². The van der Waals surface area contributed by atoms with Gasteiger partial charge < -0.3 is 10.2 Å².